The summed E-state index contributed by atoms with van der Waals surface area (Å²) in [7, 11) is 0. The zero-order valence-corrected chi connectivity index (χ0v) is 20.6. The van der Waals surface area contributed by atoms with Gasteiger partial charge in [0.25, 0.3) is 5.91 Å². The summed E-state index contributed by atoms with van der Waals surface area (Å²) in [6.07, 6.45) is -3.97. The third-order valence-electron chi connectivity index (χ3n) is 6.30. The molecule has 38 heavy (non-hydrogen) atoms. The number of carbonyl (C=O) groups is 3. The molecule has 0 atom stereocenters. The normalized spacial score (nSPS) is 17.0. The largest absolute Gasteiger partial charge is 0.490 e. The second-order valence-electron chi connectivity index (χ2n) is 8.63. The Morgan fingerprint density at radius 1 is 1.05 bits per heavy atom. The Kier molecular flexibility index (Phi) is 9.15. The molecule has 2 amide bonds. The fourth-order valence-electron chi connectivity index (χ4n) is 4.26. The van der Waals surface area contributed by atoms with Gasteiger partial charge < -0.3 is 25.5 Å². The molecule has 1 spiro atoms. The smallest absolute Gasteiger partial charge is 0.475 e. The monoisotopic (exact) mass is 562 g/mol. The van der Waals surface area contributed by atoms with Crippen molar-refractivity contribution < 1.29 is 41.4 Å². The zero-order valence-electron chi connectivity index (χ0n) is 19.8. The molecular formula is C24H24ClF5N4O4. The van der Waals surface area contributed by atoms with Crippen molar-refractivity contribution in [1.82, 2.24) is 15.5 Å². The lowest BCUT2D eigenvalue weighted by Crippen LogP contribution is -2.57. The first-order chi connectivity index (χ1) is 17.8. The number of amides is 2. The Hall–Kier alpha value is -3.45. The minimum absolute atomic E-state index is 0.0899. The molecule has 4 rings (SSSR count). The number of likely N-dealkylation sites (tertiary alicyclic amines) is 1. The van der Waals surface area contributed by atoms with E-state index in [-0.39, 0.29) is 18.5 Å². The summed E-state index contributed by atoms with van der Waals surface area (Å²) in [5.41, 5.74) is 0.264. The summed E-state index contributed by atoms with van der Waals surface area (Å²) in [4.78, 5) is 37.8. The molecule has 0 unspecified atom stereocenters. The maximum atomic E-state index is 13.7. The van der Waals surface area contributed by atoms with Gasteiger partial charge in [-0.05, 0) is 49.2 Å². The molecule has 2 aromatic rings. The lowest BCUT2D eigenvalue weighted by Gasteiger charge is -2.43. The van der Waals surface area contributed by atoms with Crippen LogP contribution in [0.4, 0.5) is 27.6 Å². The third kappa shape index (κ3) is 6.90. The van der Waals surface area contributed by atoms with E-state index in [2.05, 4.69) is 15.5 Å². The molecule has 2 saturated heterocycles. The van der Waals surface area contributed by atoms with Gasteiger partial charge in [0.15, 0.2) is 11.6 Å². The van der Waals surface area contributed by atoms with Crippen LogP contribution in [0.5, 0.6) is 0 Å². The molecule has 2 fully saturated rings. The predicted molar refractivity (Wildman–Crippen MR) is 128 cm³/mol. The number of nitrogens with one attached hydrogen (secondary N) is 2. The number of halogens is 6. The number of carbonyl (C=O) groups excluding carboxylic acids is 2. The van der Waals surface area contributed by atoms with Crippen molar-refractivity contribution in [3.8, 4) is 0 Å². The molecule has 2 aliphatic rings. The summed E-state index contributed by atoms with van der Waals surface area (Å²) in [5, 5.41) is 13.4. The van der Waals surface area contributed by atoms with Gasteiger partial charge in [0.1, 0.15) is 5.54 Å². The maximum absolute atomic E-state index is 13.7. The van der Waals surface area contributed by atoms with E-state index in [9.17, 15) is 31.5 Å². The lowest BCUT2D eigenvalue weighted by atomic mass is 9.85. The van der Waals surface area contributed by atoms with Gasteiger partial charge in [0.2, 0.25) is 5.91 Å². The van der Waals surface area contributed by atoms with Crippen LogP contribution in [0.25, 0.3) is 0 Å². The Labute approximate surface area is 219 Å². The number of carboxylic acids is 1. The Bertz CT molecular complexity index is 1170. The molecule has 0 aromatic heterocycles. The molecule has 0 radical (unpaired) electrons. The molecule has 2 aromatic carbocycles. The number of piperidine rings is 1. The first-order valence-electron chi connectivity index (χ1n) is 11.4. The summed E-state index contributed by atoms with van der Waals surface area (Å²) in [6.45, 7) is 2.71. The van der Waals surface area contributed by atoms with Crippen molar-refractivity contribution >= 4 is 35.1 Å². The van der Waals surface area contributed by atoms with Crippen LogP contribution in [0, 0.1) is 11.6 Å². The van der Waals surface area contributed by atoms with E-state index < -0.39 is 29.3 Å². The van der Waals surface area contributed by atoms with E-state index in [0.717, 1.165) is 12.1 Å². The van der Waals surface area contributed by atoms with E-state index >= 15 is 0 Å². The van der Waals surface area contributed by atoms with Crippen LogP contribution in [-0.2, 0) is 9.59 Å². The van der Waals surface area contributed by atoms with Crippen LogP contribution in [-0.4, -0.2) is 72.4 Å². The highest BCUT2D eigenvalue weighted by Gasteiger charge is 2.50. The average molecular weight is 563 g/mol. The number of aliphatic carboxylic acids is 1. The van der Waals surface area contributed by atoms with Gasteiger partial charge in [-0.3, -0.25) is 9.59 Å². The van der Waals surface area contributed by atoms with Crippen LogP contribution in [0.1, 0.15) is 23.2 Å². The highest BCUT2D eigenvalue weighted by atomic mass is 35.5. The summed E-state index contributed by atoms with van der Waals surface area (Å²) >= 11 is 5.84. The van der Waals surface area contributed by atoms with Crippen molar-refractivity contribution in [3.63, 3.8) is 0 Å². The highest BCUT2D eigenvalue weighted by Crippen LogP contribution is 2.36. The number of nitrogens with zero attached hydrogens (tertiary/aromatic N) is 2. The lowest BCUT2D eigenvalue weighted by molar-refractivity contribution is -0.192. The molecule has 2 heterocycles. The second kappa shape index (κ2) is 11.9. The van der Waals surface area contributed by atoms with Crippen LogP contribution in [0.15, 0.2) is 42.5 Å². The summed E-state index contributed by atoms with van der Waals surface area (Å²) < 4.78 is 58.8. The van der Waals surface area contributed by atoms with E-state index in [1.54, 1.807) is 24.3 Å². The number of hydrogen-bond donors (Lipinski definition) is 3. The predicted octanol–water partition coefficient (Wildman–Crippen LogP) is 3.41. The van der Waals surface area contributed by atoms with Gasteiger partial charge in [-0.15, -0.1) is 0 Å². The minimum atomic E-state index is -5.08. The van der Waals surface area contributed by atoms with Gasteiger partial charge in [-0.25, -0.2) is 13.6 Å². The van der Waals surface area contributed by atoms with E-state index in [1.807, 2.05) is 4.90 Å². The number of benzene rings is 2. The van der Waals surface area contributed by atoms with Gasteiger partial charge >= 0.3 is 12.1 Å². The molecule has 3 N–H and O–H groups in total. The number of alkyl halides is 3. The van der Waals surface area contributed by atoms with Crippen LogP contribution in [0.3, 0.4) is 0 Å². The third-order valence-corrected chi connectivity index (χ3v) is 6.55. The summed E-state index contributed by atoms with van der Waals surface area (Å²) in [6, 6.07) is 10.4. The Balaban J connectivity index is 0.000000505. The number of anilines is 1. The molecule has 206 valence electrons. The van der Waals surface area contributed by atoms with E-state index in [0.29, 0.717) is 55.3 Å². The van der Waals surface area contributed by atoms with Crippen molar-refractivity contribution in [2.75, 3.05) is 37.7 Å². The first kappa shape index (κ1) is 29.1. The zero-order chi connectivity index (χ0) is 28.1. The van der Waals surface area contributed by atoms with Crippen molar-refractivity contribution in [3.05, 3.63) is 64.7 Å². The molecule has 2 aliphatic heterocycles. The molecule has 0 saturated carbocycles. The van der Waals surface area contributed by atoms with Gasteiger partial charge in [0.05, 0.1) is 6.67 Å². The quantitative estimate of drug-likeness (QED) is 0.483. The molecule has 8 nitrogen and oxygen atoms in total. The van der Waals surface area contributed by atoms with E-state index in [4.69, 9.17) is 21.5 Å². The standard InChI is InChI=1S/C22H23ClF2N4O2.C2HF3O2/c23-16-3-1-15(2-4-16)20(30)26-9-12-28-10-7-22(8-11-28)21(31)27-14-29(22)17-5-6-18(24)19(25)13-17;3-2(4,5)1(6)7/h1-6,13H,7-12,14H2,(H,26,30)(H,27,31);(H,6,7). The number of rotatable bonds is 5. The Morgan fingerprint density at radius 3 is 2.21 bits per heavy atom. The molecule has 0 bridgehead atoms. The average Bonchev–Trinajstić information content (AvgIpc) is 3.17. The van der Waals surface area contributed by atoms with Crippen molar-refractivity contribution in [2.24, 2.45) is 0 Å². The second-order valence-corrected chi connectivity index (χ2v) is 9.07. The highest BCUT2D eigenvalue weighted by molar-refractivity contribution is 6.30. The topological polar surface area (TPSA) is 102 Å². The Morgan fingerprint density at radius 2 is 1.66 bits per heavy atom. The molecular weight excluding hydrogens is 539 g/mol. The van der Waals surface area contributed by atoms with Crippen molar-refractivity contribution in [2.45, 2.75) is 24.6 Å². The first-order valence-corrected chi connectivity index (χ1v) is 11.8. The minimum Gasteiger partial charge on any atom is -0.475 e. The van der Waals surface area contributed by atoms with Gasteiger partial charge in [-0.2, -0.15) is 13.2 Å². The van der Waals surface area contributed by atoms with Crippen LogP contribution in [0.2, 0.25) is 5.02 Å². The molecule has 0 aliphatic carbocycles. The maximum Gasteiger partial charge on any atom is 0.490 e. The number of hydrogen-bond acceptors (Lipinski definition) is 5. The van der Waals surface area contributed by atoms with Crippen molar-refractivity contribution in [1.29, 1.82) is 0 Å². The fourth-order valence-corrected chi connectivity index (χ4v) is 4.38. The van der Waals surface area contributed by atoms with Crippen LogP contribution >= 0.6 is 11.6 Å². The van der Waals surface area contributed by atoms with Crippen LogP contribution < -0.4 is 15.5 Å². The number of carboxylic acid groups (broad SMARTS) is 1. The fraction of sp³-hybridized carbons (Fsp3) is 0.375. The SMILES string of the molecule is O=C(NCCN1CCC2(CC1)C(=O)NCN2c1ccc(F)c(F)c1)c1ccc(Cl)cc1.O=C(O)C(F)(F)F. The summed E-state index contributed by atoms with van der Waals surface area (Å²) in [5.74, 6) is -4.85. The van der Waals surface area contributed by atoms with Gasteiger partial charge in [-0.1, -0.05) is 11.6 Å². The van der Waals surface area contributed by atoms with E-state index in [1.165, 1.54) is 6.07 Å². The molecule has 14 heteroatoms. The van der Waals surface area contributed by atoms with Gasteiger partial charge in [0, 0.05) is 48.5 Å².